The van der Waals surface area contributed by atoms with E-state index in [1.54, 1.807) is 11.8 Å². The Labute approximate surface area is 163 Å². The van der Waals surface area contributed by atoms with Crippen LogP contribution >= 0.6 is 0 Å². The summed E-state index contributed by atoms with van der Waals surface area (Å²) in [6, 6.07) is 8.50. The van der Waals surface area contributed by atoms with Crippen molar-refractivity contribution in [2.24, 2.45) is 0 Å². The molecule has 0 saturated carbocycles. The number of benzene rings is 1. The van der Waals surface area contributed by atoms with Gasteiger partial charge in [-0.2, -0.15) is 4.98 Å². The minimum absolute atomic E-state index is 0.136. The predicted octanol–water partition coefficient (Wildman–Crippen LogP) is 3.10. The number of aryl methyl sites for hydroxylation is 1. The number of carbonyl (C=O) groups is 1. The quantitative estimate of drug-likeness (QED) is 0.869. The fourth-order valence-electron chi connectivity index (χ4n) is 4.24. The highest BCUT2D eigenvalue weighted by molar-refractivity contribution is 6.06. The first-order chi connectivity index (χ1) is 13.7. The lowest BCUT2D eigenvalue weighted by atomic mass is 9.73. The van der Waals surface area contributed by atoms with Gasteiger partial charge in [0.15, 0.2) is 5.82 Å². The number of hydrogen-bond donors (Lipinski definition) is 1. The summed E-state index contributed by atoms with van der Waals surface area (Å²) in [6.07, 6.45) is 11.5. The number of nitrogens with one attached hydrogen (secondary N) is 1. The number of likely N-dealkylation sites (tertiary alicyclic amines) is 1. The number of hydrogen-bond acceptors (Lipinski definition) is 6. The maximum Gasteiger partial charge on any atom is 0.332 e. The van der Waals surface area contributed by atoms with Crippen molar-refractivity contribution in [1.29, 1.82) is 0 Å². The van der Waals surface area contributed by atoms with E-state index in [2.05, 4.69) is 32.5 Å². The molecule has 1 aromatic carbocycles. The van der Waals surface area contributed by atoms with Crippen LogP contribution in [-0.2, 0) is 10.2 Å². The summed E-state index contributed by atoms with van der Waals surface area (Å²) >= 11 is 0. The van der Waals surface area contributed by atoms with Crippen LogP contribution in [0.3, 0.4) is 0 Å². The van der Waals surface area contributed by atoms with Crippen LogP contribution in [0, 0.1) is 6.92 Å². The molecule has 0 radical (unpaired) electrons. The van der Waals surface area contributed by atoms with Crippen molar-refractivity contribution in [1.82, 2.24) is 15.0 Å². The molecule has 7 nitrogen and oxygen atoms in total. The highest BCUT2D eigenvalue weighted by atomic mass is 16.5. The van der Waals surface area contributed by atoms with Gasteiger partial charge < -0.3 is 14.7 Å². The van der Waals surface area contributed by atoms with Gasteiger partial charge in [-0.3, -0.25) is 9.69 Å². The van der Waals surface area contributed by atoms with Crippen molar-refractivity contribution in [3.05, 3.63) is 72.0 Å². The van der Waals surface area contributed by atoms with E-state index < -0.39 is 5.41 Å². The average Bonchev–Trinajstić information content (AvgIpc) is 3.14. The molecule has 142 valence electrons. The van der Waals surface area contributed by atoms with Gasteiger partial charge >= 0.3 is 6.01 Å². The first kappa shape index (κ1) is 16.8. The zero-order chi connectivity index (χ0) is 19.1. The Hall–Kier alpha value is -3.35. The van der Waals surface area contributed by atoms with Gasteiger partial charge in [0, 0.05) is 36.9 Å². The number of rotatable bonds is 2. The second-order valence-corrected chi connectivity index (χ2v) is 7.35. The molecule has 1 N–H and O–H groups in total. The van der Waals surface area contributed by atoms with E-state index in [-0.39, 0.29) is 5.91 Å². The van der Waals surface area contributed by atoms with Crippen LogP contribution in [0.5, 0.6) is 0 Å². The second kappa shape index (κ2) is 6.37. The standard InChI is InChI=1S/C21H21N5O2/c1-15-22-20(28-24-15)26-11-4-5-16(8-12-26)25-13-9-21(10-14-25)17-6-2-3-7-18(17)23-19(21)27/h2-8,11-12H,9-10,13-14H2,1H3,(H,23,27). The van der Waals surface area contributed by atoms with Crippen LogP contribution in [0.25, 0.3) is 0 Å². The summed E-state index contributed by atoms with van der Waals surface area (Å²) < 4.78 is 5.23. The number of fused-ring (bicyclic) bond motifs is 2. The zero-order valence-corrected chi connectivity index (χ0v) is 15.6. The molecule has 0 bridgehead atoms. The number of piperidine rings is 1. The maximum absolute atomic E-state index is 12.7. The van der Waals surface area contributed by atoms with E-state index in [1.165, 1.54) is 0 Å². The molecule has 0 unspecified atom stereocenters. The highest BCUT2D eigenvalue weighted by Gasteiger charge is 2.48. The Morgan fingerprint density at radius 1 is 1.18 bits per heavy atom. The van der Waals surface area contributed by atoms with Crippen molar-refractivity contribution in [3.63, 3.8) is 0 Å². The molecule has 0 aliphatic carbocycles. The van der Waals surface area contributed by atoms with E-state index in [9.17, 15) is 4.79 Å². The van der Waals surface area contributed by atoms with Gasteiger partial charge in [0.05, 0.1) is 5.41 Å². The molecular formula is C21H21N5O2. The number of carbonyl (C=O) groups excluding carboxylic acids is 1. The van der Waals surface area contributed by atoms with Gasteiger partial charge in [0.1, 0.15) is 0 Å². The zero-order valence-electron chi connectivity index (χ0n) is 15.6. The van der Waals surface area contributed by atoms with Crippen molar-refractivity contribution >= 4 is 17.6 Å². The molecule has 3 aliphatic rings. The first-order valence-electron chi connectivity index (χ1n) is 9.47. The Bertz CT molecular complexity index is 1010. The first-order valence-corrected chi connectivity index (χ1v) is 9.47. The van der Waals surface area contributed by atoms with Crippen LogP contribution in [0.15, 0.2) is 65.1 Å². The maximum atomic E-state index is 12.7. The van der Waals surface area contributed by atoms with Gasteiger partial charge in [-0.25, -0.2) is 0 Å². The molecule has 1 aromatic heterocycles. The van der Waals surface area contributed by atoms with Gasteiger partial charge in [-0.05, 0) is 49.6 Å². The van der Waals surface area contributed by atoms with Crippen molar-refractivity contribution in [2.45, 2.75) is 25.2 Å². The molecule has 1 fully saturated rings. The van der Waals surface area contributed by atoms with E-state index in [0.717, 1.165) is 42.9 Å². The highest BCUT2D eigenvalue weighted by Crippen LogP contribution is 2.45. The Balaban J connectivity index is 1.32. The largest absolute Gasteiger partial charge is 0.371 e. The lowest BCUT2D eigenvalue weighted by Gasteiger charge is -2.39. The minimum atomic E-state index is -0.398. The Morgan fingerprint density at radius 3 is 2.79 bits per heavy atom. The second-order valence-electron chi connectivity index (χ2n) is 7.35. The summed E-state index contributed by atoms with van der Waals surface area (Å²) in [5.74, 6) is 0.738. The van der Waals surface area contributed by atoms with Crippen LogP contribution in [-0.4, -0.2) is 34.0 Å². The average molecular weight is 375 g/mol. The molecular weight excluding hydrogens is 354 g/mol. The van der Waals surface area contributed by atoms with Crippen molar-refractivity contribution < 1.29 is 9.32 Å². The molecule has 2 aromatic rings. The molecule has 7 heteroatoms. The lowest BCUT2D eigenvalue weighted by Crippen LogP contribution is -2.45. The van der Waals surface area contributed by atoms with Gasteiger partial charge in [0.2, 0.25) is 5.91 Å². The van der Waals surface area contributed by atoms with E-state index >= 15 is 0 Å². The number of amides is 1. The third-order valence-corrected chi connectivity index (χ3v) is 5.76. The van der Waals surface area contributed by atoms with E-state index in [4.69, 9.17) is 4.52 Å². The molecule has 3 aliphatic heterocycles. The Kier molecular flexibility index (Phi) is 3.82. The molecule has 1 saturated heterocycles. The van der Waals surface area contributed by atoms with Gasteiger partial charge in [-0.1, -0.05) is 23.4 Å². The summed E-state index contributed by atoms with van der Waals surface area (Å²) in [5.41, 5.74) is 2.81. The summed E-state index contributed by atoms with van der Waals surface area (Å²) in [7, 11) is 0. The number of anilines is 2. The monoisotopic (exact) mass is 375 g/mol. The SMILES string of the molecule is Cc1noc(N2C=CC=C(N3CCC4(CC3)C(=O)Nc3ccccc34)C=C2)n1. The number of nitrogens with zero attached hydrogens (tertiary/aromatic N) is 4. The van der Waals surface area contributed by atoms with Crippen LogP contribution in [0.2, 0.25) is 0 Å². The number of para-hydroxylation sites is 1. The third-order valence-electron chi connectivity index (χ3n) is 5.76. The van der Waals surface area contributed by atoms with Crippen LogP contribution < -0.4 is 10.2 Å². The van der Waals surface area contributed by atoms with Crippen molar-refractivity contribution in [3.8, 4) is 0 Å². The fourth-order valence-corrected chi connectivity index (χ4v) is 4.24. The summed E-state index contributed by atoms with van der Waals surface area (Å²) in [4.78, 5) is 21.1. The van der Waals surface area contributed by atoms with Crippen molar-refractivity contribution in [2.75, 3.05) is 23.3 Å². The number of allylic oxidation sites excluding steroid dienone is 3. The number of aromatic nitrogens is 2. The summed E-state index contributed by atoms with van der Waals surface area (Å²) in [5, 5.41) is 6.90. The molecule has 1 amide bonds. The predicted molar refractivity (Wildman–Crippen MR) is 105 cm³/mol. The molecule has 4 heterocycles. The molecule has 1 spiro atoms. The van der Waals surface area contributed by atoms with Crippen LogP contribution in [0.1, 0.15) is 24.2 Å². The van der Waals surface area contributed by atoms with Gasteiger partial charge in [-0.15, -0.1) is 0 Å². The van der Waals surface area contributed by atoms with Crippen LogP contribution in [0.4, 0.5) is 11.7 Å². The topological polar surface area (TPSA) is 74.5 Å². The van der Waals surface area contributed by atoms with Gasteiger partial charge in [0.25, 0.3) is 0 Å². The minimum Gasteiger partial charge on any atom is -0.371 e. The third kappa shape index (κ3) is 2.62. The molecule has 0 atom stereocenters. The smallest absolute Gasteiger partial charge is 0.332 e. The van der Waals surface area contributed by atoms with E-state index in [0.29, 0.717) is 11.8 Å². The fraction of sp³-hybridized carbons (Fsp3) is 0.286. The molecule has 5 rings (SSSR count). The normalized spacial score (nSPS) is 20.2. The summed E-state index contributed by atoms with van der Waals surface area (Å²) in [6.45, 7) is 3.44. The lowest BCUT2D eigenvalue weighted by molar-refractivity contribution is -0.122. The Morgan fingerprint density at radius 2 is 2.00 bits per heavy atom. The van der Waals surface area contributed by atoms with E-state index in [1.807, 2.05) is 42.8 Å². The molecule has 28 heavy (non-hydrogen) atoms.